The lowest BCUT2D eigenvalue weighted by molar-refractivity contribution is -0.121. The van der Waals surface area contributed by atoms with E-state index in [1.807, 2.05) is 24.3 Å². The zero-order valence-electron chi connectivity index (χ0n) is 13.4. The molecule has 1 N–H and O–H groups in total. The summed E-state index contributed by atoms with van der Waals surface area (Å²) in [4.78, 5) is 16.4. The summed E-state index contributed by atoms with van der Waals surface area (Å²) in [7, 11) is 0. The largest absolute Gasteiger partial charge is 0.441 e. The zero-order chi connectivity index (χ0) is 16.4. The van der Waals surface area contributed by atoms with Crippen molar-refractivity contribution in [3.05, 3.63) is 41.8 Å². The number of fused-ring (bicyclic) bond motifs is 2. The molecule has 0 bridgehead atoms. The molecular formula is C17H19N5O2. The van der Waals surface area contributed by atoms with Gasteiger partial charge in [-0.25, -0.2) is 4.98 Å². The maximum absolute atomic E-state index is 12.0. The van der Waals surface area contributed by atoms with E-state index in [0.717, 1.165) is 42.1 Å². The Morgan fingerprint density at radius 1 is 1.29 bits per heavy atom. The monoisotopic (exact) mass is 325 g/mol. The molecule has 7 heteroatoms. The molecule has 2 aromatic heterocycles. The molecule has 1 aliphatic rings. The number of oxazole rings is 1. The SMILES string of the molecule is O=C(CCCc1nc2ccccc2o1)NCc1nnc2n1CCC2. The van der Waals surface area contributed by atoms with Crippen LogP contribution in [0.1, 0.15) is 36.8 Å². The van der Waals surface area contributed by atoms with Crippen LogP contribution < -0.4 is 5.32 Å². The molecular weight excluding hydrogens is 306 g/mol. The van der Waals surface area contributed by atoms with Crippen LogP contribution in [0.15, 0.2) is 28.7 Å². The van der Waals surface area contributed by atoms with Gasteiger partial charge in [0.1, 0.15) is 11.3 Å². The van der Waals surface area contributed by atoms with Crippen LogP contribution >= 0.6 is 0 Å². The molecule has 3 heterocycles. The van der Waals surface area contributed by atoms with E-state index in [4.69, 9.17) is 4.42 Å². The Balaban J connectivity index is 1.24. The van der Waals surface area contributed by atoms with Gasteiger partial charge in [-0.15, -0.1) is 10.2 Å². The minimum atomic E-state index is 0.0152. The molecule has 3 aromatic rings. The summed E-state index contributed by atoms with van der Waals surface area (Å²) in [5.41, 5.74) is 1.65. The maximum Gasteiger partial charge on any atom is 0.220 e. The fraction of sp³-hybridized carbons (Fsp3) is 0.412. The second-order valence-corrected chi connectivity index (χ2v) is 5.99. The molecule has 24 heavy (non-hydrogen) atoms. The first kappa shape index (κ1) is 14.9. The van der Waals surface area contributed by atoms with Crippen molar-refractivity contribution in [1.82, 2.24) is 25.1 Å². The van der Waals surface area contributed by atoms with E-state index in [-0.39, 0.29) is 5.91 Å². The van der Waals surface area contributed by atoms with Gasteiger partial charge in [0.2, 0.25) is 5.91 Å². The van der Waals surface area contributed by atoms with Crippen LogP contribution in [0.2, 0.25) is 0 Å². The van der Waals surface area contributed by atoms with Crippen molar-refractivity contribution in [1.29, 1.82) is 0 Å². The van der Waals surface area contributed by atoms with Crippen LogP contribution in [0.5, 0.6) is 0 Å². The average molecular weight is 325 g/mol. The van der Waals surface area contributed by atoms with E-state index in [1.165, 1.54) is 0 Å². The van der Waals surface area contributed by atoms with E-state index in [2.05, 4.69) is 25.1 Å². The minimum absolute atomic E-state index is 0.0152. The first-order chi connectivity index (χ1) is 11.8. The Bertz CT molecular complexity index is 834. The highest BCUT2D eigenvalue weighted by Gasteiger charge is 2.17. The van der Waals surface area contributed by atoms with Crippen molar-refractivity contribution >= 4 is 17.0 Å². The Morgan fingerprint density at radius 2 is 2.21 bits per heavy atom. The van der Waals surface area contributed by atoms with Crippen molar-refractivity contribution < 1.29 is 9.21 Å². The van der Waals surface area contributed by atoms with Gasteiger partial charge in [-0.2, -0.15) is 0 Å². The molecule has 1 aliphatic heterocycles. The molecule has 0 aliphatic carbocycles. The predicted octanol–water partition coefficient (Wildman–Crippen LogP) is 2.00. The molecule has 0 atom stereocenters. The fourth-order valence-electron chi connectivity index (χ4n) is 3.03. The van der Waals surface area contributed by atoms with Gasteiger partial charge in [0.25, 0.3) is 0 Å². The normalized spacial score (nSPS) is 13.3. The van der Waals surface area contributed by atoms with Crippen LogP contribution in [0, 0.1) is 0 Å². The molecule has 7 nitrogen and oxygen atoms in total. The Morgan fingerprint density at radius 3 is 3.12 bits per heavy atom. The van der Waals surface area contributed by atoms with Gasteiger partial charge < -0.3 is 14.3 Å². The van der Waals surface area contributed by atoms with Crippen LogP contribution in [-0.2, 0) is 30.7 Å². The van der Waals surface area contributed by atoms with Gasteiger partial charge in [-0.1, -0.05) is 12.1 Å². The van der Waals surface area contributed by atoms with E-state index >= 15 is 0 Å². The molecule has 1 amide bonds. The lowest BCUT2D eigenvalue weighted by Crippen LogP contribution is -2.24. The summed E-state index contributed by atoms with van der Waals surface area (Å²) < 4.78 is 7.75. The predicted molar refractivity (Wildman–Crippen MR) is 87.1 cm³/mol. The minimum Gasteiger partial charge on any atom is -0.441 e. The highest BCUT2D eigenvalue weighted by molar-refractivity contribution is 5.75. The standard InChI is InChI=1S/C17H19N5O2/c23-16(18-11-15-21-20-14-7-4-10-22(14)15)8-3-9-17-19-12-5-1-2-6-13(12)24-17/h1-2,5-6H,3-4,7-11H2,(H,18,23). The molecule has 0 radical (unpaired) electrons. The highest BCUT2D eigenvalue weighted by atomic mass is 16.3. The number of rotatable bonds is 6. The van der Waals surface area contributed by atoms with Gasteiger partial charge in [-0.05, 0) is 25.0 Å². The molecule has 4 rings (SSSR count). The fourth-order valence-corrected chi connectivity index (χ4v) is 3.03. The molecule has 124 valence electrons. The van der Waals surface area contributed by atoms with Gasteiger partial charge in [0.05, 0.1) is 6.54 Å². The molecule has 0 saturated carbocycles. The van der Waals surface area contributed by atoms with Crippen LogP contribution in [0.25, 0.3) is 11.1 Å². The number of aryl methyl sites for hydroxylation is 2. The number of benzene rings is 1. The molecule has 0 fully saturated rings. The Hall–Kier alpha value is -2.70. The first-order valence-corrected chi connectivity index (χ1v) is 8.32. The van der Waals surface area contributed by atoms with E-state index < -0.39 is 0 Å². The highest BCUT2D eigenvalue weighted by Crippen LogP contribution is 2.16. The van der Waals surface area contributed by atoms with Crippen molar-refractivity contribution in [2.45, 2.75) is 45.2 Å². The number of nitrogens with zero attached hydrogens (tertiary/aromatic N) is 4. The van der Waals surface area contributed by atoms with Crippen molar-refractivity contribution in [3.8, 4) is 0 Å². The summed E-state index contributed by atoms with van der Waals surface area (Å²) in [6.45, 7) is 1.39. The van der Waals surface area contributed by atoms with Crippen LogP contribution in [-0.4, -0.2) is 25.7 Å². The van der Waals surface area contributed by atoms with Gasteiger partial charge in [-0.3, -0.25) is 4.79 Å². The summed E-state index contributed by atoms with van der Waals surface area (Å²) in [6.07, 6.45) is 3.89. The van der Waals surface area contributed by atoms with Crippen LogP contribution in [0.3, 0.4) is 0 Å². The average Bonchev–Trinajstić information content (AvgIpc) is 3.28. The third-order valence-corrected chi connectivity index (χ3v) is 4.26. The number of amides is 1. The molecule has 0 unspecified atom stereocenters. The van der Waals surface area contributed by atoms with Crippen molar-refractivity contribution in [3.63, 3.8) is 0 Å². The third-order valence-electron chi connectivity index (χ3n) is 4.26. The number of hydrogen-bond acceptors (Lipinski definition) is 5. The Kier molecular flexibility index (Phi) is 3.98. The number of hydrogen-bond donors (Lipinski definition) is 1. The van der Waals surface area contributed by atoms with Gasteiger partial charge in [0.15, 0.2) is 17.3 Å². The summed E-state index contributed by atoms with van der Waals surface area (Å²) >= 11 is 0. The number of aromatic nitrogens is 4. The quantitative estimate of drug-likeness (QED) is 0.749. The summed E-state index contributed by atoms with van der Waals surface area (Å²) in [5.74, 6) is 2.56. The lowest BCUT2D eigenvalue weighted by Gasteiger charge is -2.05. The van der Waals surface area contributed by atoms with Gasteiger partial charge in [0, 0.05) is 25.8 Å². The lowest BCUT2D eigenvalue weighted by atomic mass is 10.2. The molecule has 0 spiro atoms. The van der Waals surface area contributed by atoms with E-state index in [0.29, 0.717) is 31.7 Å². The number of carbonyl (C=O) groups is 1. The number of carbonyl (C=O) groups excluding carboxylic acids is 1. The second-order valence-electron chi connectivity index (χ2n) is 5.99. The molecule has 1 aromatic carbocycles. The smallest absolute Gasteiger partial charge is 0.220 e. The second kappa shape index (κ2) is 6.43. The van der Waals surface area contributed by atoms with Crippen molar-refractivity contribution in [2.24, 2.45) is 0 Å². The zero-order valence-corrected chi connectivity index (χ0v) is 13.4. The third kappa shape index (κ3) is 3.02. The van der Waals surface area contributed by atoms with Crippen molar-refractivity contribution in [2.75, 3.05) is 0 Å². The van der Waals surface area contributed by atoms with Crippen LogP contribution in [0.4, 0.5) is 0 Å². The molecule has 0 saturated heterocycles. The van der Waals surface area contributed by atoms with E-state index in [9.17, 15) is 4.79 Å². The maximum atomic E-state index is 12.0. The summed E-state index contributed by atoms with van der Waals surface area (Å²) in [5, 5.41) is 11.2. The van der Waals surface area contributed by atoms with E-state index in [1.54, 1.807) is 0 Å². The number of nitrogens with one attached hydrogen (secondary N) is 1. The number of para-hydroxylation sites is 2. The van der Waals surface area contributed by atoms with Gasteiger partial charge >= 0.3 is 0 Å². The first-order valence-electron chi connectivity index (χ1n) is 8.32. The Labute approximate surface area is 139 Å². The summed E-state index contributed by atoms with van der Waals surface area (Å²) in [6, 6.07) is 7.68. The topological polar surface area (TPSA) is 85.8 Å².